The van der Waals surface area contributed by atoms with Gasteiger partial charge in [-0.15, -0.1) is 6.58 Å². The van der Waals surface area contributed by atoms with E-state index in [4.69, 9.17) is 19.2 Å². The summed E-state index contributed by atoms with van der Waals surface area (Å²) in [5, 5.41) is 16.1. The number of allylic oxidation sites excluding steroid dienone is 1. The summed E-state index contributed by atoms with van der Waals surface area (Å²) in [6.45, 7) is 9.96. The van der Waals surface area contributed by atoms with E-state index in [2.05, 4.69) is 30.5 Å². The van der Waals surface area contributed by atoms with Crippen LogP contribution in [0.15, 0.2) is 89.4 Å². The van der Waals surface area contributed by atoms with Gasteiger partial charge < -0.3 is 14.2 Å². The number of pyridine rings is 1. The number of rotatable bonds is 11. The van der Waals surface area contributed by atoms with Crippen LogP contribution in [0.4, 0.5) is 5.69 Å². The van der Waals surface area contributed by atoms with Crippen molar-refractivity contribution in [3.63, 3.8) is 0 Å². The van der Waals surface area contributed by atoms with Crippen LogP contribution >= 0.6 is 0 Å². The van der Waals surface area contributed by atoms with Crippen LogP contribution in [0.5, 0.6) is 23.1 Å². The Morgan fingerprint density at radius 3 is 2.48 bits per heavy atom. The Kier molecular flexibility index (Phi) is 9.22. The third-order valence-electron chi connectivity index (χ3n) is 7.39. The Labute approximate surface area is 265 Å². The van der Waals surface area contributed by atoms with E-state index in [9.17, 15) is 14.9 Å². The Balaban J connectivity index is 1.64. The maximum absolute atomic E-state index is 13.9. The van der Waals surface area contributed by atoms with E-state index in [0.717, 1.165) is 28.6 Å². The molecule has 0 aliphatic heterocycles. The van der Waals surface area contributed by atoms with Crippen LogP contribution < -0.4 is 19.8 Å². The number of aromatic nitrogens is 3. The molecule has 5 rings (SSSR count). The molecule has 0 fully saturated rings. The highest BCUT2D eigenvalue weighted by Gasteiger charge is 2.19. The molecule has 0 spiro atoms. The summed E-state index contributed by atoms with van der Waals surface area (Å²) in [7, 11) is 3.14. The number of para-hydroxylation sites is 1. The lowest BCUT2D eigenvalue weighted by Crippen LogP contribution is -2.21. The second kappa shape index (κ2) is 13.4. The maximum Gasteiger partial charge on any atom is 0.287 e. The summed E-state index contributed by atoms with van der Waals surface area (Å²) in [6.07, 6.45) is 4.80. The number of ether oxygens (including phenoxy) is 3. The van der Waals surface area contributed by atoms with Crippen LogP contribution in [0.1, 0.15) is 42.0 Å². The molecular formula is C35H33N5O6. The molecule has 2 aromatic heterocycles. The molecule has 46 heavy (non-hydrogen) atoms. The molecule has 0 amide bonds. The van der Waals surface area contributed by atoms with Crippen molar-refractivity contribution in [2.45, 2.75) is 33.1 Å². The molecule has 0 bridgehead atoms. The molecule has 3 aromatic carbocycles. The van der Waals surface area contributed by atoms with Gasteiger partial charge in [0.2, 0.25) is 5.88 Å². The monoisotopic (exact) mass is 619 g/mol. The Morgan fingerprint density at radius 1 is 1.07 bits per heavy atom. The Hall–Kier alpha value is -5.84. The smallest absolute Gasteiger partial charge is 0.287 e. The average molecular weight is 620 g/mol. The molecule has 5 aromatic rings. The van der Waals surface area contributed by atoms with Crippen molar-refractivity contribution >= 4 is 22.8 Å². The minimum absolute atomic E-state index is 0.153. The lowest BCUT2D eigenvalue weighted by atomic mass is 9.96. The third-order valence-corrected chi connectivity index (χ3v) is 7.39. The van der Waals surface area contributed by atoms with Gasteiger partial charge in [-0.25, -0.2) is 9.97 Å². The predicted octanol–water partition coefficient (Wildman–Crippen LogP) is 7.22. The van der Waals surface area contributed by atoms with Gasteiger partial charge in [-0.05, 0) is 72.4 Å². The van der Waals surface area contributed by atoms with Crippen LogP contribution in [0.2, 0.25) is 0 Å². The van der Waals surface area contributed by atoms with Crippen LogP contribution in [-0.2, 0) is 6.42 Å². The van der Waals surface area contributed by atoms with E-state index in [0.29, 0.717) is 45.8 Å². The Morgan fingerprint density at radius 2 is 1.83 bits per heavy atom. The van der Waals surface area contributed by atoms with Crippen molar-refractivity contribution in [3.05, 3.63) is 122 Å². The van der Waals surface area contributed by atoms with E-state index in [1.165, 1.54) is 23.9 Å². The first-order chi connectivity index (χ1) is 22.1. The summed E-state index contributed by atoms with van der Waals surface area (Å²) >= 11 is 0. The molecule has 234 valence electrons. The molecule has 0 radical (unpaired) electrons. The van der Waals surface area contributed by atoms with Crippen molar-refractivity contribution in [1.82, 2.24) is 14.6 Å². The summed E-state index contributed by atoms with van der Waals surface area (Å²) < 4.78 is 18.6. The third kappa shape index (κ3) is 6.34. The Bertz CT molecular complexity index is 2030. The first-order valence-corrected chi connectivity index (χ1v) is 14.5. The number of methoxy groups -OCH3 is 2. The minimum atomic E-state index is -0.532. The molecule has 11 nitrogen and oxygen atoms in total. The van der Waals surface area contributed by atoms with Crippen molar-refractivity contribution in [2.75, 3.05) is 14.2 Å². The number of hydrogen-bond acceptors (Lipinski definition) is 9. The molecule has 0 saturated carbocycles. The zero-order valence-corrected chi connectivity index (χ0v) is 26.2. The number of hydrogen-bond donors (Lipinski definition) is 0. The van der Waals surface area contributed by atoms with Crippen molar-refractivity contribution in [3.8, 4) is 34.5 Å². The standard InChI is InChI=1S/C35H33N5O6/c1-7-10-24-16-23(17-31(45-6)33(24)46-32-14-13-25(20-36-32)40(42)43)19-37-39-34(38-29-12-9-8-11-26(29)35(39)41)28-18-27(21(2)3)30(44-5)15-22(28)4/h7-9,11-21H,1,10H2,2-6H3. The number of aryl methyl sites for hydroxylation is 1. The fourth-order valence-electron chi connectivity index (χ4n) is 5.07. The van der Waals surface area contributed by atoms with Crippen LogP contribution in [0, 0.1) is 17.0 Å². The summed E-state index contributed by atoms with van der Waals surface area (Å²) in [4.78, 5) is 33.3. The molecular weight excluding hydrogens is 586 g/mol. The van der Waals surface area contributed by atoms with E-state index >= 15 is 0 Å². The molecule has 0 atom stereocenters. The molecule has 0 N–H and O–H groups in total. The minimum Gasteiger partial charge on any atom is -0.496 e. The van der Waals surface area contributed by atoms with Crippen LogP contribution in [-0.4, -0.2) is 40.0 Å². The topological polar surface area (TPSA) is 131 Å². The second-order valence-electron chi connectivity index (χ2n) is 10.8. The molecule has 0 aliphatic carbocycles. The molecule has 0 aliphatic rings. The van der Waals surface area contributed by atoms with E-state index < -0.39 is 4.92 Å². The van der Waals surface area contributed by atoms with Gasteiger partial charge in [-0.1, -0.05) is 32.1 Å². The predicted molar refractivity (Wildman–Crippen MR) is 178 cm³/mol. The molecule has 0 unspecified atom stereocenters. The summed E-state index contributed by atoms with van der Waals surface area (Å²) in [5.41, 5.74) is 4.04. The lowest BCUT2D eigenvalue weighted by molar-refractivity contribution is -0.385. The van der Waals surface area contributed by atoms with Gasteiger partial charge >= 0.3 is 0 Å². The quantitative estimate of drug-likeness (QED) is 0.0655. The number of nitro groups is 1. The average Bonchev–Trinajstić information content (AvgIpc) is 3.05. The fraction of sp³-hybridized carbons (Fsp3) is 0.200. The zero-order chi connectivity index (χ0) is 33.0. The molecule has 11 heteroatoms. The second-order valence-corrected chi connectivity index (χ2v) is 10.8. The van der Waals surface area contributed by atoms with Gasteiger partial charge in [0.15, 0.2) is 17.3 Å². The highest BCUT2D eigenvalue weighted by molar-refractivity contribution is 5.83. The highest BCUT2D eigenvalue weighted by Crippen LogP contribution is 2.37. The zero-order valence-electron chi connectivity index (χ0n) is 26.2. The summed E-state index contributed by atoms with van der Waals surface area (Å²) in [6, 6.07) is 17.4. The summed E-state index contributed by atoms with van der Waals surface area (Å²) in [5.74, 6) is 2.23. The number of nitrogens with zero attached hydrogens (tertiary/aromatic N) is 5. The van der Waals surface area contributed by atoms with E-state index in [1.54, 1.807) is 43.7 Å². The molecule has 0 saturated heterocycles. The van der Waals surface area contributed by atoms with Gasteiger partial charge in [0.05, 0.1) is 36.3 Å². The maximum atomic E-state index is 13.9. The largest absolute Gasteiger partial charge is 0.496 e. The van der Waals surface area contributed by atoms with Crippen molar-refractivity contribution in [1.29, 1.82) is 0 Å². The van der Waals surface area contributed by atoms with Gasteiger partial charge in [-0.2, -0.15) is 9.78 Å². The van der Waals surface area contributed by atoms with E-state index in [-0.39, 0.29) is 23.0 Å². The normalized spacial score (nSPS) is 11.3. The van der Waals surface area contributed by atoms with Gasteiger partial charge in [0.1, 0.15) is 11.9 Å². The van der Waals surface area contributed by atoms with Gasteiger partial charge in [-0.3, -0.25) is 14.9 Å². The fourth-order valence-corrected chi connectivity index (χ4v) is 5.07. The van der Waals surface area contributed by atoms with Crippen molar-refractivity contribution in [2.24, 2.45) is 5.10 Å². The molecule has 2 heterocycles. The van der Waals surface area contributed by atoms with Crippen LogP contribution in [0.25, 0.3) is 22.3 Å². The number of benzene rings is 3. The van der Waals surface area contributed by atoms with Crippen molar-refractivity contribution < 1.29 is 19.1 Å². The lowest BCUT2D eigenvalue weighted by Gasteiger charge is -2.17. The van der Waals surface area contributed by atoms with Crippen LogP contribution in [0.3, 0.4) is 0 Å². The van der Waals surface area contributed by atoms with E-state index in [1.807, 2.05) is 31.2 Å². The first-order valence-electron chi connectivity index (χ1n) is 14.5. The number of fused-ring (bicyclic) bond motifs is 1. The SMILES string of the molecule is C=CCc1cc(C=Nn2c(-c3cc(C(C)C)c(OC)cc3C)nc3ccccc3c2=O)cc(OC)c1Oc1ccc([N+](=O)[O-])cn1. The van der Waals surface area contributed by atoms with Gasteiger partial charge in [0, 0.05) is 23.3 Å². The highest BCUT2D eigenvalue weighted by atomic mass is 16.6. The first kappa shape index (κ1) is 31.6. The van der Waals surface area contributed by atoms with Gasteiger partial charge in [0.25, 0.3) is 11.2 Å².